The predicted molar refractivity (Wildman–Crippen MR) is 72.0 cm³/mol. The highest BCUT2D eigenvalue weighted by Crippen LogP contribution is 2.32. The topological polar surface area (TPSA) is 104 Å². The lowest BCUT2D eigenvalue weighted by atomic mass is 9.80. The fourth-order valence-electron chi connectivity index (χ4n) is 3.00. The molecular weight excluding hydrogens is 276 g/mol. The highest BCUT2D eigenvalue weighted by atomic mass is 16.4. The summed E-state index contributed by atoms with van der Waals surface area (Å²) in [6.07, 6.45) is 2.12. The molecule has 0 aromatic heterocycles. The summed E-state index contributed by atoms with van der Waals surface area (Å²) < 4.78 is 0. The van der Waals surface area contributed by atoms with Crippen LogP contribution in [0, 0.1) is 11.8 Å². The van der Waals surface area contributed by atoms with Gasteiger partial charge in [0.1, 0.15) is 12.1 Å². The molecule has 2 rings (SSSR count). The van der Waals surface area contributed by atoms with Gasteiger partial charge in [0.2, 0.25) is 11.8 Å². The van der Waals surface area contributed by atoms with Crippen LogP contribution < -0.4 is 5.32 Å². The Balaban J connectivity index is 2.16. The number of hydrogen-bond donors (Lipinski definition) is 2. The highest BCUT2D eigenvalue weighted by molar-refractivity contribution is 6.06. The van der Waals surface area contributed by atoms with E-state index in [9.17, 15) is 19.2 Å². The van der Waals surface area contributed by atoms with Gasteiger partial charge in [0.05, 0.1) is 5.92 Å². The minimum atomic E-state index is -1.10. The van der Waals surface area contributed by atoms with E-state index < -0.39 is 35.2 Å². The number of carbonyl (C=O) groups excluding carboxylic acids is 3. The lowest BCUT2D eigenvalue weighted by Crippen LogP contribution is -2.66. The van der Waals surface area contributed by atoms with Crippen LogP contribution in [0.25, 0.3) is 0 Å². The second kappa shape index (κ2) is 5.46. The molecule has 3 amide bonds. The van der Waals surface area contributed by atoms with Gasteiger partial charge in [-0.3, -0.25) is 24.5 Å². The molecule has 0 spiro atoms. The average Bonchev–Trinajstić information content (AvgIpc) is 2.42. The second-order valence-corrected chi connectivity index (χ2v) is 6.26. The Bertz CT molecular complexity index is 500. The summed E-state index contributed by atoms with van der Waals surface area (Å²) in [4.78, 5) is 48.4. The maximum atomic E-state index is 12.6. The molecule has 1 heterocycles. The first-order valence-electron chi connectivity index (χ1n) is 7.12. The lowest BCUT2D eigenvalue weighted by molar-refractivity contribution is -0.159. The van der Waals surface area contributed by atoms with Gasteiger partial charge in [0.15, 0.2) is 0 Å². The van der Waals surface area contributed by atoms with Crippen LogP contribution in [0.15, 0.2) is 0 Å². The molecule has 7 heteroatoms. The van der Waals surface area contributed by atoms with E-state index in [1.54, 1.807) is 13.8 Å². The van der Waals surface area contributed by atoms with E-state index in [0.717, 1.165) is 0 Å². The van der Waals surface area contributed by atoms with E-state index in [-0.39, 0.29) is 18.9 Å². The molecular formula is C14H20N2O5. The fraction of sp³-hybridized carbons (Fsp3) is 0.714. The summed E-state index contributed by atoms with van der Waals surface area (Å²) in [7, 11) is 0. The van der Waals surface area contributed by atoms with Crippen molar-refractivity contribution in [1.29, 1.82) is 0 Å². The first-order chi connectivity index (χ1) is 9.73. The monoisotopic (exact) mass is 296 g/mol. The van der Waals surface area contributed by atoms with E-state index >= 15 is 0 Å². The van der Waals surface area contributed by atoms with Gasteiger partial charge >= 0.3 is 5.97 Å². The number of rotatable bonds is 2. The zero-order chi connectivity index (χ0) is 15.8. The molecule has 1 saturated heterocycles. The lowest BCUT2D eigenvalue weighted by Gasteiger charge is -2.42. The van der Waals surface area contributed by atoms with E-state index in [1.807, 2.05) is 0 Å². The second-order valence-electron chi connectivity index (χ2n) is 6.26. The molecule has 7 nitrogen and oxygen atoms in total. The van der Waals surface area contributed by atoms with Gasteiger partial charge in [-0.2, -0.15) is 0 Å². The molecule has 1 aliphatic heterocycles. The summed E-state index contributed by atoms with van der Waals surface area (Å²) in [6.45, 7) is 3.01. The van der Waals surface area contributed by atoms with Gasteiger partial charge in [0, 0.05) is 5.92 Å². The normalized spacial score (nSPS) is 29.0. The van der Waals surface area contributed by atoms with Crippen molar-refractivity contribution in [3.05, 3.63) is 0 Å². The molecule has 2 atom stereocenters. The third kappa shape index (κ3) is 2.91. The predicted octanol–water partition coefficient (Wildman–Crippen LogP) is 0.141. The Labute approximate surface area is 122 Å². The zero-order valence-corrected chi connectivity index (χ0v) is 12.2. The van der Waals surface area contributed by atoms with Crippen LogP contribution in [-0.2, 0) is 19.2 Å². The number of carboxylic acids is 1. The molecule has 21 heavy (non-hydrogen) atoms. The van der Waals surface area contributed by atoms with Crippen molar-refractivity contribution >= 4 is 23.7 Å². The van der Waals surface area contributed by atoms with Gasteiger partial charge in [0.25, 0.3) is 5.91 Å². The molecule has 0 radical (unpaired) electrons. The Hall–Kier alpha value is -1.92. The number of imide groups is 1. The van der Waals surface area contributed by atoms with Crippen molar-refractivity contribution in [3.8, 4) is 0 Å². The Kier molecular flexibility index (Phi) is 4.02. The molecule has 2 aliphatic rings. The summed E-state index contributed by atoms with van der Waals surface area (Å²) in [5.74, 6) is -3.15. The summed E-state index contributed by atoms with van der Waals surface area (Å²) in [6, 6.07) is 0. The molecule has 0 aromatic rings. The van der Waals surface area contributed by atoms with E-state index in [1.165, 1.54) is 4.90 Å². The molecule has 116 valence electrons. The molecule has 1 aliphatic carbocycles. The molecule has 0 aromatic carbocycles. The Morgan fingerprint density at radius 1 is 1.24 bits per heavy atom. The third-order valence-corrected chi connectivity index (χ3v) is 4.42. The average molecular weight is 296 g/mol. The highest BCUT2D eigenvalue weighted by Gasteiger charge is 2.46. The van der Waals surface area contributed by atoms with Crippen LogP contribution in [-0.4, -0.2) is 45.8 Å². The minimum Gasteiger partial charge on any atom is -0.481 e. The number of carbonyl (C=O) groups is 4. The van der Waals surface area contributed by atoms with Crippen LogP contribution in [0.4, 0.5) is 0 Å². The van der Waals surface area contributed by atoms with Crippen molar-refractivity contribution in [2.45, 2.75) is 45.1 Å². The zero-order valence-electron chi connectivity index (χ0n) is 12.2. The van der Waals surface area contributed by atoms with Gasteiger partial charge in [-0.05, 0) is 33.1 Å². The number of piperazine rings is 1. The van der Waals surface area contributed by atoms with Gasteiger partial charge in [-0.1, -0.05) is 6.42 Å². The fourth-order valence-corrected chi connectivity index (χ4v) is 3.00. The Morgan fingerprint density at radius 2 is 1.86 bits per heavy atom. The summed E-state index contributed by atoms with van der Waals surface area (Å²) in [5.41, 5.74) is -1.10. The summed E-state index contributed by atoms with van der Waals surface area (Å²) in [5, 5.41) is 11.3. The van der Waals surface area contributed by atoms with Gasteiger partial charge in [-0.25, -0.2) is 0 Å². The van der Waals surface area contributed by atoms with E-state index in [0.29, 0.717) is 19.3 Å². The van der Waals surface area contributed by atoms with Crippen LogP contribution in [0.3, 0.4) is 0 Å². The number of hydrogen-bond acceptors (Lipinski definition) is 4. The van der Waals surface area contributed by atoms with Crippen LogP contribution in [0.1, 0.15) is 39.5 Å². The number of nitrogens with zero attached hydrogens (tertiary/aromatic N) is 1. The van der Waals surface area contributed by atoms with Crippen molar-refractivity contribution in [1.82, 2.24) is 10.2 Å². The number of aliphatic carboxylic acids is 1. The SMILES string of the molecule is CC1(C)C(=O)NC(=O)CN1C(=O)C1CCCC(C(=O)O)C1. The van der Waals surface area contributed by atoms with E-state index in [2.05, 4.69) is 5.32 Å². The van der Waals surface area contributed by atoms with Crippen LogP contribution in [0.2, 0.25) is 0 Å². The number of amides is 3. The minimum absolute atomic E-state index is 0.161. The molecule has 2 fully saturated rings. The molecule has 0 bridgehead atoms. The van der Waals surface area contributed by atoms with Crippen LogP contribution in [0.5, 0.6) is 0 Å². The first kappa shape index (κ1) is 15.5. The van der Waals surface area contributed by atoms with Gasteiger partial charge < -0.3 is 10.0 Å². The van der Waals surface area contributed by atoms with Crippen molar-refractivity contribution < 1.29 is 24.3 Å². The maximum Gasteiger partial charge on any atom is 0.306 e. The quantitative estimate of drug-likeness (QED) is 0.705. The number of nitrogens with one attached hydrogen (secondary N) is 1. The third-order valence-electron chi connectivity index (χ3n) is 4.42. The molecule has 1 saturated carbocycles. The van der Waals surface area contributed by atoms with Crippen molar-refractivity contribution in [3.63, 3.8) is 0 Å². The smallest absolute Gasteiger partial charge is 0.306 e. The van der Waals surface area contributed by atoms with Crippen LogP contribution >= 0.6 is 0 Å². The summed E-state index contributed by atoms with van der Waals surface area (Å²) >= 11 is 0. The number of carboxylic acid groups (broad SMARTS) is 1. The van der Waals surface area contributed by atoms with Crippen molar-refractivity contribution in [2.24, 2.45) is 11.8 Å². The first-order valence-corrected chi connectivity index (χ1v) is 7.12. The van der Waals surface area contributed by atoms with Gasteiger partial charge in [-0.15, -0.1) is 0 Å². The van der Waals surface area contributed by atoms with Crippen molar-refractivity contribution in [2.75, 3.05) is 6.54 Å². The largest absolute Gasteiger partial charge is 0.481 e. The molecule has 2 unspecified atom stereocenters. The Morgan fingerprint density at radius 3 is 2.48 bits per heavy atom. The standard InChI is InChI=1S/C14H20N2O5/c1-14(2)13(21)15-10(17)7-16(14)11(18)8-4-3-5-9(6-8)12(19)20/h8-9H,3-7H2,1-2H3,(H,19,20)(H,15,17,21). The maximum absolute atomic E-state index is 12.6. The molecule has 2 N–H and O–H groups in total. The van der Waals surface area contributed by atoms with E-state index in [4.69, 9.17) is 5.11 Å².